The first kappa shape index (κ1) is 18.1. The molecule has 144 valence electrons. The highest BCUT2D eigenvalue weighted by molar-refractivity contribution is 5.89. The molecule has 2 aromatic carbocycles. The highest BCUT2D eigenvalue weighted by Crippen LogP contribution is 2.27. The number of amides is 1. The number of phenols is 1. The van der Waals surface area contributed by atoms with Gasteiger partial charge in [-0.1, -0.05) is 30.3 Å². The van der Waals surface area contributed by atoms with Crippen molar-refractivity contribution in [3.63, 3.8) is 0 Å². The van der Waals surface area contributed by atoms with E-state index in [0.717, 1.165) is 18.2 Å². The fourth-order valence-electron chi connectivity index (χ4n) is 3.53. The van der Waals surface area contributed by atoms with Crippen molar-refractivity contribution in [2.24, 2.45) is 0 Å². The molecule has 4 rings (SSSR count). The molecule has 1 aliphatic rings. The SMILES string of the molecule is O=C(Cc1coc2cc(O)ccc12)O[C@@H](C(=O)N1CCCC1)c1ccccc1. The van der Waals surface area contributed by atoms with Crippen molar-refractivity contribution >= 4 is 22.8 Å². The summed E-state index contributed by atoms with van der Waals surface area (Å²) >= 11 is 0. The quantitative estimate of drug-likeness (QED) is 0.686. The Labute approximate surface area is 162 Å². The van der Waals surface area contributed by atoms with Gasteiger partial charge in [0, 0.05) is 35.7 Å². The van der Waals surface area contributed by atoms with Gasteiger partial charge in [0.25, 0.3) is 5.91 Å². The van der Waals surface area contributed by atoms with E-state index in [9.17, 15) is 14.7 Å². The van der Waals surface area contributed by atoms with Gasteiger partial charge in [0.1, 0.15) is 11.3 Å². The zero-order valence-electron chi connectivity index (χ0n) is 15.3. The van der Waals surface area contributed by atoms with Crippen LogP contribution < -0.4 is 0 Å². The maximum Gasteiger partial charge on any atom is 0.311 e. The third-order valence-electron chi connectivity index (χ3n) is 4.97. The number of benzene rings is 2. The molecule has 0 spiro atoms. The van der Waals surface area contributed by atoms with Crippen LogP contribution in [0.1, 0.15) is 30.1 Å². The van der Waals surface area contributed by atoms with Crippen LogP contribution in [0.2, 0.25) is 0 Å². The van der Waals surface area contributed by atoms with Crippen LogP contribution in [0.5, 0.6) is 5.75 Å². The van der Waals surface area contributed by atoms with E-state index in [1.54, 1.807) is 23.1 Å². The minimum Gasteiger partial charge on any atom is -0.508 e. The molecule has 0 aliphatic carbocycles. The number of hydrogen-bond acceptors (Lipinski definition) is 5. The molecule has 1 saturated heterocycles. The minimum atomic E-state index is -0.950. The summed E-state index contributed by atoms with van der Waals surface area (Å²) in [6.07, 6.45) is 2.44. The van der Waals surface area contributed by atoms with Crippen LogP contribution >= 0.6 is 0 Å². The molecule has 1 atom stereocenters. The highest BCUT2D eigenvalue weighted by Gasteiger charge is 2.31. The lowest BCUT2D eigenvalue weighted by atomic mass is 10.1. The summed E-state index contributed by atoms with van der Waals surface area (Å²) in [7, 11) is 0. The van der Waals surface area contributed by atoms with Gasteiger partial charge in [0.05, 0.1) is 12.7 Å². The molecule has 0 bridgehead atoms. The Morgan fingerprint density at radius 1 is 1.11 bits per heavy atom. The lowest BCUT2D eigenvalue weighted by molar-refractivity contribution is -0.160. The number of ether oxygens (including phenoxy) is 1. The summed E-state index contributed by atoms with van der Waals surface area (Å²) in [6.45, 7) is 1.38. The maximum atomic E-state index is 12.9. The molecule has 1 aromatic heterocycles. The van der Waals surface area contributed by atoms with Gasteiger partial charge in [-0.2, -0.15) is 0 Å². The van der Waals surface area contributed by atoms with E-state index < -0.39 is 12.1 Å². The topological polar surface area (TPSA) is 80.0 Å². The normalized spacial score (nSPS) is 14.9. The van der Waals surface area contributed by atoms with Gasteiger partial charge in [-0.15, -0.1) is 0 Å². The van der Waals surface area contributed by atoms with Crippen LogP contribution in [-0.4, -0.2) is 35.0 Å². The molecule has 1 fully saturated rings. The van der Waals surface area contributed by atoms with Crippen LogP contribution in [-0.2, 0) is 20.7 Å². The number of likely N-dealkylation sites (tertiary alicyclic amines) is 1. The fraction of sp³-hybridized carbons (Fsp3) is 0.273. The molecule has 0 unspecified atom stereocenters. The van der Waals surface area contributed by atoms with Crippen molar-refractivity contribution in [1.82, 2.24) is 4.90 Å². The minimum absolute atomic E-state index is 0.0195. The molecule has 6 nitrogen and oxygen atoms in total. The Balaban J connectivity index is 1.53. The van der Waals surface area contributed by atoms with Crippen molar-refractivity contribution in [2.75, 3.05) is 13.1 Å². The summed E-state index contributed by atoms with van der Waals surface area (Å²) < 4.78 is 11.0. The van der Waals surface area contributed by atoms with Gasteiger partial charge in [0.2, 0.25) is 6.10 Å². The molecule has 3 aromatic rings. The molecule has 0 radical (unpaired) electrons. The van der Waals surface area contributed by atoms with Gasteiger partial charge in [-0.05, 0) is 25.0 Å². The van der Waals surface area contributed by atoms with E-state index in [-0.39, 0.29) is 18.1 Å². The zero-order chi connectivity index (χ0) is 19.5. The average Bonchev–Trinajstić information content (AvgIpc) is 3.37. The number of nitrogens with zero attached hydrogens (tertiary/aromatic N) is 1. The summed E-state index contributed by atoms with van der Waals surface area (Å²) in [5.74, 6) is -0.590. The van der Waals surface area contributed by atoms with Crippen LogP contribution in [0, 0.1) is 0 Å². The molecule has 1 amide bonds. The fourth-order valence-corrected chi connectivity index (χ4v) is 3.53. The largest absolute Gasteiger partial charge is 0.508 e. The van der Waals surface area contributed by atoms with Crippen molar-refractivity contribution < 1.29 is 23.8 Å². The Kier molecular flexibility index (Phi) is 5.02. The number of fused-ring (bicyclic) bond motifs is 1. The van der Waals surface area contributed by atoms with E-state index >= 15 is 0 Å². The van der Waals surface area contributed by atoms with E-state index in [0.29, 0.717) is 29.8 Å². The molecule has 0 saturated carbocycles. The van der Waals surface area contributed by atoms with E-state index in [4.69, 9.17) is 9.15 Å². The number of rotatable bonds is 5. The number of esters is 1. The average molecular weight is 379 g/mol. The van der Waals surface area contributed by atoms with Gasteiger partial charge in [-0.3, -0.25) is 9.59 Å². The van der Waals surface area contributed by atoms with Crippen molar-refractivity contribution in [3.8, 4) is 5.75 Å². The third kappa shape index (κ3) is 3.71. The number of aromatic hydroxyl groups is 1. The summed E-state index contributed by atoms with van der Waals surface area (Å²) in [6, 6.07) is 13.8. The maximum absolute atomic E-state index is 12.9. The number of phenolic OH excluding ortho intramolecular Hbond substituents is 1. The first-order chi connectivity index (χ1) is 13.6. The van der Waals surface area contributed by atoms with Crippen LogP contribution in [0.15, 0.2) is 59.2 Å². The lowest BCUT2D eigenvalue weighted by Crippen LogP contribution is -2.35. The van der Waals surface area contributed by atoms with Gasteiger partial charge < -0.3 is 19.2 Å². The van der Waals surface area contributed by atoms with E-state index in [1.165, 1.54) is 18.4 Å². The second-order valence-electron chi connectivity index (χ2n) is 6.93. The van der Waals surface area contributed by atoms with E-state index in [2.05, 4.69) is 0 Å². The van der Waals surface area contributed by atoms with Crippen LogP contribution in [0.3, 0.4) is 0 Å². The van der Waals surface area contributed by atoms with Gasteiger partial charge in [0.15, 0.2) is 0 Å². The van der Waals surface area contributed by atoms with Crippen LogP contribution in [0.25, 0.3) is 11.0 Å². The van der Waals surface area contributed by atoms with E-state index in [1.807, 2.05) is 18.2 Å². The second-order valence-corrected chi connectivity index (χ2v) is 6.93. The third-order valence-corrected chi connectivity index (χ3v) is 4.97. The lowest BCUT2D eigenvalue weighted by Gasteiger charge is -2.23. The predicted molar refractivity (Wildman–Crippen MR) is 103 cm³/mol. The summed E-state index contributed by atoms with van der Waals surface area (Å²) in [4.78, 5) is 27.3. The molecule has 6 heteroatoms. The first-order valence-corrected chi connectivity index (χ1v) is 9.34. The molecular weight excluding hydrogens is 358 g/mol. The second kappa shape index (κ2) is 7.76. The Morgan fingerprint density at radius 2 is 1.86 bits per heavy atom. The highest BCUT2D eigenvalue weighted by atomic mass is 16.5. The monoisotopic (exact) mass is 379 g/mol. The summed E-state index contributed by atoms with van der Waals surface area (Å²) in [5, 5.41) is 10.3. The molecule has 1 aliphatic heterocycles. The van der Waals surface area contributed by atoms with Gasteiger partial charge in [-0.25, -0.2) is 0 Å². The standard InChI is InChI=1S/C22H21NO5/c24-17-8-9-18-16(14-27-19(18)13-17)12-20(25)28-21(15-6-2-1-3-7-15)22(26)23-10-4-5-11-23/h1-3,6-9,13-14,21,24H,4-5,10-12H2/t21-/m1/s1. The number of carbonyl (C=O) groups excluding carboxylic acids is 2. The first-order valence-electron chi connectivity index (χ1n) is 9.34. The van der Waals surface area contributed by atoms with Crippen molar-refractivity contribution in [3.05, 3.63) is 65.9 Å². The predicted octanol–water partition coefficient (Wildman–Crippen LogP) is 3.59. The molecule has 1 N–H and O–H groups in total. The van der Waals surface area contributed by atoms with Gasteiger partial charge >= 0.3 is 5.97 Å². The molecular formula is C22H21NO5. The van der Waals surface area contributed by atoms with Crippen molar-refractivity contribution in [2.45, 2.75) is 25.4 Å². The molecule has 28 heavy (non-hydrogen) atoms. The van der Waals surface area contributed by atoms with Crippen LogP contribution in [0.4, 0.5) is 0 Å². The molecule has 2 heterocycles. The Bertz CT molecular complexity index is 989. The Hall–Kier alpha value is -3.28. The number of furan rings is 1. The summed E-state index contributed by atoms with van der Waals surface area (Å²) in [5.41, 5.74) is 1.81. The zero-order valence-corrected chi connectivity index (χ0v) is 15.3. The smallest absolute Gasteiger partial charge is 0.311 e. The van der Waals surface area contributed by atoms with Crippen molar-refractivity contribution in [1.29, 1.82) is 0 Å². The Morgan fingerprint density at radius 3 is 2.61 bits per heavy atom. The number of hydrogen-bond donors (Lipinski definition) is 1. The number of carbonyl (C=O) groups is 2.